The van der Waals surface area contributed by atoms with Crippen molar-refractivity contribution in [3.05, 3.63) is 141 Å². The smallest absolute Gasteiger partial charge is 0.266 e. The van der Waals surface area contributed by atoms with Crippen molar-refractivity contribution in [2.45, 2.75) is 32.9 Å². The van der Waals surface area contributed by atoms with Gasteiger partial charge in [-0.15, -0.1) is 0 Å². The lowest BCUT2D eigenvalue weighted by molar-refractivity contribution is 0.0640. The minimum atomic E-state index is -0.476. The van der Waals surface area contributed by atoms with E-state index < -0.39 is 6.04 Å². The first kappa shape index (κ1) is 25.4. The number of aromatic nitrogens is 2. The number of hydrogen-bond donors (Lipinski definition) is 0. The van der Waals surface area contributed by atoms with Crippen LogP contribution in [0.5, 0.6) is 0 Å². The van der Waals surface area contributed by atoms with Gasteiger partial charge in [-0.2, -0.15) is 0 Å². The lowest BCUT2D eigenvalue weighted by atomic mass is 10.1. The van der Waals surface area contributed by atoms with Gasteiger partial charge in [0.15, 0.2) is 0 Å². The molecule has 0 saturated carbocycles. The topological polar surface area (TPSA) is 55.2 Å². The molecule has 38 heavy (non-hydrogen) atoms. The fraction of sp³-hybridized carbons (Fsp3) is 0.156. The molecule has 1 heterocycles. The number of benzene rings is 4. The molecule has 0 radical (unpaired) electrons. The molecule has 5 rings (SSSR count). The Balaban J connectivity index is 1.73. The second-order valence-electron chi connectivity index (χ2n) is 9.32. The van der Waals surface area contributed by atoms with Crippen LogP contribution in [0.4, 0.5) is 0 Å². The number of para-hydroxylation sites is 1. The number of halogens is 1. The zero-order valence-corrected chi connectivity index (χ0v) is 22.1. The molecule has 1 aromatic heterocycles. The van der Waals surface area contributed by atoms with Crippen LogP contribution in [0, 0.1) is 6.92 Å². The van der Waals surface area contributed by atoms with Crippen molar-refractivity contribution in [3.63, 3.8) is 0 Å². The highest BCUT2D eigenvalue weighted by Crippen LogP contribution is 2.29. The first-order valence-electron chi connectivity index (χ1n) is 12.7. The molecular weight excluding hydrogens is 494 g/mol. The van der Waals surface area contributed by atoms with Crippen molar-refractivity contribution < 1.29 is 4.79 Å². The Labute approximate surface area is 227 Å². The van der Waals surface area contributed by atoms with Crippen LogP contribution >= 0.6 is 11.6 Å². The van der Waals surface area contributed by atoms with Gasteiger partial charge in [-0.1, -0.05) is 73.1 Å². The number of carbonyl (C=O) groups is 1. The molecule has 1 unspecified atom stereocenters. The summed E-state index contributed by atoms with van der Waals surface area (Å²) in [5.41, 5.74) is 3.70. The minimum absolute atomic E-state index is 0.157. The summed E-state index contributed by atoms with van der Waals surface area (Å²) < 4.78 is 1.66. The molecule has 5 nitrogen and oxygen atoms in total. The number of hydrogen-bond acceptors (Lipinski definition) is 3. The Kier molecular flexibility index (Phi) is 7.38. The molecule has 4 aromatic carbocycles. The van der Waals surface area contributed by atoms with Crippen LogP contribution in [-0.2, 0) is 6.54 Å². The molecule has 1 amide bonds. The third-order valence-corrected chi connectivity index (χ3v) is 6.92. The molecule has 0 aliphatic rings. The largest absolute Gasteiger partial charge is 0.324 e. The summed E-state index contributed by atoms with van der Waals surface area (Å²) in [5.74, 6) is 0.371. The van der Waals surface area contributed by atoms with Crippen molar-refractivity contribution in [2.24, 2.45) is 0 Å². The van der Waals surface area contributed by atoms with Crippen LogP contribution in [-0.4, -0.2) is 20.4 Å². The summed E-state index contributed by atoms with van der Waals surface area (Å²) in [7, 11) is 0. The van der Waals surface area contributed by atoms with E-state index in [1.807, 2.05) is 86.6 Å². The van der Waals surface area contributed by atoms with Crippen molar-refractivity contribution in [3.8, 4) is 5.69 Å². The Bertz CT molecular complexity index is 1650. The van der Waals surface area contributed by atoms with E-state index in [2.05, 4.69) is 0 Å². The average Bonchev–Trinajstić information content (AvgIpc) is 2.94. The second-order valence-corrected chi connectivity index (χ2v) is 9.75. The minimum Gasteiger partial charge on any atom is -0.324 e. The van der Waals surface area contributed by atoms with Crippen molar-refractivity contribution in [1.82, 2.24) is 14.5 Å². The van der Waals surface area contributed by atoms with Gasteiger partial charge in [-0.25, -0.2) is 4.98 Å². The Morgan fingerprint density at radius 1 is 0.921 bits per heavy atom. The van der Waals surface area contributed by atoms with E-state index in [-0.39, 0.29) is 11.5 Å². The number of nitrogens with zero attached hydrogens (tertiary/aromatic N) is 3. The molecule has 0 aliphatic heterocycles. The van der Waals surface area contributed by atoms with E-state index in [1.165, 1.54) is 0 Å². The predicted octanol–water partition coefficient (Wildman–Crippen LogP) is 7.14. The lowest BCUT2D eigenvalue weighted by Gasteiger charge is -2.32. The highest BCUT2D eigenvalue weighted by Gasteiger charge is 2.30. The second kappa shape index (κ2) is 11.0. The van der Waals surface area contributed by atoms with Gasteiger partial charge in [0, 0.05) is 17.1 Å². The van der Waals surface area contributed by atoms with E-state index in [9.17, 15) is 9.59 Å². The summed E-state index contributed by atoms with van der Waals surface area (Å²) >= 11 is 6.11. The maximum atomic E-state index is 14.1. The fourth-order valence-electron chi connectivity index (χ4n) is 4.79. The highest BCUT2D eigenvalue weighted by molar-refractivity contribution is 6.30. The van der Waals surface area contributed by atoms with E-state index >= 15 is 0 Å². The van der Waals surface area contributed by atoms with Crippen LogP contribution < -0.4 is 5.56 Å². The van der Waals surface area contributed by atoms with Gasteiger partial charge in [0.25, 0.3) is 11.5 Å². The zero-order chi connectivity index (χ0) is 26.6. The molecule has 190 valence electrons. The van der Waals surface area contributed by atoms with Crippen molar-refractivity contribution in [2.75, 3.05) is 0 Å². The molecule has 0 bridgehead atoms. The van der Waals surface area contributed by atoms with Gasteiger partial charge in [0.1, 0.15) is 5.82 Å². The zero-order valence-electron chi connectivity index (χ0n) is 21.3. The fourth-order valence-corrected chi connectivity index (χ4v) is 4.92. The van der Waals surface area contributed by atoms with Crippen LogP contribution in [0.2, 0.25) is 5.02 Å². The summed E-state index contributed by atoms with van der Waals surface area (Å²) in [6.07, 6.45) is 0.558. The summed E-state index contributed by atoms with van der Waals surface area (Å²) in [4.78, 5) is 34.8. The molecular formula is C32H28ClN3O2. The Morgan fingerprint density at radius 3 is 2.34 bits per heavy atom. The van der Waals surface area contributed by atoms with E-state index in [1.54, 1.807) is 39.8 Å². The normalized spacial score (nSPS) is 11.9. The highest BCUT2D eigenvalue weighted by atomic mass is 35.5. The molecule has 0 saturated heterocycles. The lowest BCUT2D eigenvalue weighted by Crippen LogP contribution is -2.38. The molecule has 5 aromatic rings. The van der Waals surface area contributed by atoms with Crippen LogP contribution in [0.1, 0.15) is 46.7 Å². The summed E-state index contributed by atoms with van der Waals surface area (Å²) in [6, 6.07) is 31.4. The Hall–Kier alpha value is -4.22. The van der Waals surface area contributed by atoms with Crippen molar-refractivity contribution in [1.29, 1.82) is 0 Å². The number of aryl methyl sites for hydroxylation is 1. The van der Waals surface area contributed by atoms with Gasteiger partial charge >= 0.3 is 0 Å². The first-order chi connectivity index (χ1) is 18.5. The number of carbonyl (C=O) groups excluding carboxylic acids is 1. The number of fused-ring (bicyclic) bond motifs is 1. The van der Waals surface area contributed by atoms with Gasteiger partial charge in [-0.05, 0) is 73.0 Å². The predicted molar refractivity (Wildman–Crippen MR) is 153 cm³/mol. The quantitative estimate of drug-likeness (QED) is 0.229. The summed E-state index contributed by atoms with van der Waals surface area (Å²) in [6.45, 7) is 4.36. The monoisotopic (exact) mass is 521 g/mol. The maximum Gasteiger partial charge on any atom is 0.266 e. The van der Waals surface area contributed by atoms with Crippen LogP contribution in [0.15, 0.2) is 108 Å². The third kappa shape index (κ3) is 5.11. The maximum absolute atomic E-state index is 14.1. The van der Waals surface area contributed by atoms with Gasteiger partial charge in [-0.3, -0.25) is 14.2 Å². The number of rotatable bonds is 7. The molecule has 0 aliphatic carbocycles. The average molecular weight is 522 g/mol. The molecule has 0 N–H and O–H groups in total. The van der Waals surface area contributed by atoms with Crippen molar-refractivity contribution >= 4 is 28.4 Å². The van der Waals surface area contributed by atoms with Crippen LogP contribution in [0.25, 0.3) is 16.6 Å². The standard InChI is InChI=1S/C32H28ClN3O2/c1-3-29(35(21-23-11-5-4-6-12-23)31(37)24-16-18-25(33)19-17-24)30-34-28-15-8-7-14-27(28)32(38)36(30)26-13-9-10-22(2)20-26/h4-20,29H,3,21H2,1-2H3. The SMILES string of the molecule is CCC(c1nc2ccccc2c(=O)n1-c1cccc(C)c1)N(Cc1ccccc1)C(=O)c1ccc(Cl)cc1. The van der Waals surface area contributed by atoms with Crippen LogP contribution in [0.3, 0.4) is 0 Å². The first-order valence-corrected chi connectivity index (χ1v) is 13.0. The Morgan fingerprint density at radius 2 is 1.63 bits per heavy atom. The van der Waals surface area contributed by atoms with Gasteiger partial charge in [0.2, 0.25) is 0 Å². The van der Waals surface area contributed by atoms with E-state index in [4.69, 9.17) is 16.6 Å². The van der Waals surface area contributed by atoms with Gasteiger partial charge < -0.3 is 4.90 Å². The molecule has 6 heteroatoms. The van der Waals surface area contributed by atoms with E-state index in [0.29, 0.717) is 40.3 Å². The van der Waals surface area contributed by atoms with Gasteiger partial charge in [0.05, 0.1) is 22.6 Å². The molecule has 1 atom stereocenters. The third-order valence-electron chi connectivity index (χ3n) is 6.67. The molecule has 0 fully saturated rings. The number of amides is 1. The molecule has 0 spiro atoms. The van der Waals surface area contributed by atoms with E-state index in [0.717, 1.165) is 16.8 Å². The summed E-state index contributed by atoms with van der Waals surface area (Å²) in [5, 5.41) is 1.10.